The van der Waals surface area contributed by atoms with Gasteiger partial charge in [-0.3, -0.25) is 0 Å². The van der Waals surface area contributed by atoms with E-state index in [1.165, 1.54) is 44.9 Å². The van der Waals surface area contributed by atoms with Gasteiger partial charge >= 0.3 is 0 Å². The molecule has 2 saturated carbocycles. The van der Waals surface area contributed by atoms with Gasteiger partial charge in [0.2, 0.25) is 0 Å². The Bertz CT molecular complexity index is 273. The highest BCUT2D eigenvalue weighted by atomic mass is 14.5. The molecule has 0 radical (unpaired) electrons. The summed E-state index contributed by atoms with van der Waals surface area (Å²) in [6.07, 6.45) is 10.4. The van der Waals surface area contributed by atoms with Crippen molar-refractivity contribution in [3.8, 4) is 0 Å². The molecule has 0 nitrogen and oxygen atoms in total. The van der Waals surface area contributed by atoms with Crippen molar-refractivity contribution in [2.75, 3.05) is 0 Å². The highest BCUT2D eigenvalue weighted by Crippen LogP contribution is 2.59. The minimum absolute atomic E-state index is 0.625. The minimum atomic E-state index is 0.625. The maximum atomic E-state index is 2.62. The topological polar surface area (TPSA) is 0 Å². The van der Waals surface area contributed by atoms with Gasteiger partial charge < -0.3 is 0 Å². The first-order valence-electron chi connectivity index (χ1n) is 8.78. The largest absolute Gasteiger partial charge is 0.0625 e. The van der Waals surface area contributed by atoms with Crippen molar-refractivity contribution in [1.82, 2.24) is 0 Å². The van der Waals surface area contributed by atoms with Gasteiger partial charge in [-0.15, -0.1) is 0 Å². The maximum absolute atomic E-state index is 2.62. The summed E-state index contributed by atoms with van der Waals surface area (Å²) in [6.45, 7) is 15.0. The van der Waals surface area contributed by atoms with E-state index in [4.69, 9.17) is 0 Å². The lowest BCUT2D eigenvalue weighted by molar-refractivity contribution is 0.0507. The molecule has 4 unspecified atom stereocenters. The van der Waals surface area contributed by atoms with Crippen LogP contribution in [0, 0.1) is 34.5 Å². The fourth-order valence-corrected chi connectivity index (χ4v) is 6.16. The molecular weight excluding hydrogens is 228 g/mol. The molecule has 2 aliphatic rings. The molecule has 112 valence electrons. The predicted octanol–water partition coefficient (Wildman–Crippen LogP) is 6.30. The molecule has 0 aromatic carbocycles. The summed E-state index contributed by atoms with van der Waals surface area (Å²) in [7, 11) is 0. The molecule has 0 spiro atoms. The number of rotatable bonds is 4. The van der Waals surface area contributed by atoms with Crippen LogP contribution in [0.25, 0.3) is 0 Å². The summed E-state index contributed by atoms with van der Waals surface area (Å²) in [5.74, 6) is 3.68. The Morgan fingerprint density at radius 3 is 1.47 bits per heavy atom. The van der Waals surface area contributed by atoms with Gasteiger partial charge in [-0.25, -0.2) is 0 Å². The smallest absolute Gasteiger partial charge is 0.0290 e. The number of hydrogen-bond acceptors (Lipinski definition) is 0. The molecule has 0 aliphatic heterocycles. The fourth-order valence-electron chi connectivity index (χ4n) is 6.16. The first kappa shape index (κ1) is 15.4. The Morgan fingerprint density at radius 2 is 1.16 bits per heavy atom. The molecular formula is C19H36. The first-order chi connectivity index (χ1) is 8.78. The molecule has 0 heterocycles. The quantitative estimate of drug-likeness (QED) is 0.559. The monoisotopic (exact) mass is 264 g/mol. The van der Waals surface area contributed by atoms with Crippen LogP contribution in [-0.2, 0) is 0 Å². The van der Waals surface area contributed by atoms with Crippen LogP contribution in [0.3, 0.4) is 0 Å². The molecule has 0 heteroatoms. The fraction of sp³-hybridized carbons (Fsp3) is 1.00. The number of hydrogen-bond donors (Lipinski definition) is 0. The third kappa shape index (κ3) is 2.88. The van der Waals surface area contributed by atoms with E-state index in [-0.39, 0.29) is 0 Å². The van der Waals surface area contributed by atoms with Crippen LogP contribution < -0.4 is 0 Å². The molecule has 4 atom stereocenters. The van der Waals surface area contributed by atoms with E-state index >= 15 is 0 Å². The van der Waals surface area contributed by atoms with Gasteiger partial charge in [0.05, 0.1) is 0 Å². The second kappa shape index (κ2) is 5.41. The Hall–Kier alpha value is 0. The third-order valence-corrected chi connectivity index (χ3v) is 6.73. The van der Waals surface area contributed by atoms with Crippen molar-refractivity contribution in [2.45, 2.75) is 86.5 Å². The standard InChI is InChI=1S/C19H36/c1-14(2)16-9-7-11-18(16,5)13-19(6)12-8-10-17(19)15(3)4/h14-17H,7-13H2,1-6H3. The summed E-state index contributed by atoms with van der Waals surface area (Å²) in [6, 6.07) is 0. The van der Waals surface area contributed by atoms with E-state index in [1.807, 2.05) is 0 Å². The molecule has 0 aromatic heterocycles. The van der Waals surface area contributed by atoms with Crippen molar-refractivity contribution in [2.24, 2.45) is 34.5 Å². The summed E-state index contributed by atoms with van der Waals surface area (Å²) in [5.41, 5.74) is 1.25. The van der Waals surface area contributed by atoms with Crippen molar-refractivity contribution in [3.05, 3.63) is 0 Å². The van der Waals surface area contributed by atoms with E-state index in [0.29, 0.717) is 10.8 Å². The summed E-state index contributed by atoms with van der Waals surface area (Å²) >= 11 is 0. The Balaban J connectivity index is 2.14. The Kier molecular flexibility index (Phi) is 4.38. The lowest BCUT2D eigenvalue weighted by Gasteiger charge is -2.44. The highest BCUT2D eigenvalue weighted by molar-refractivity contribution is 4.99. The average Bonchev–Trinajstić information content (AvgIpc) is 2.81. The van der Waals surface area contributed by atoms with Crippen LogP contribution in [-0.4, -0.2) is 0 Å². The van der Waals surface area contributed by atoms with Crippen LogP contribution in [0.15, 0.2) is 0 Å². The zero-order valence-corrected chi connectivity index (χ0v) is 14.3. The summed E-state index contributed by atoms with van der Waals surface area (Å²) in [4.78, 5) is 0. The van der Waals surface area contributed by atoms with E-state index < -0.39 is 0 Å². The maximum Gasteiger partial charge on any atom is -0.0290 e. The normalized spacial score (nSPS) is 43.6. The first-order valence-corrected chi connectivity index (χ1v) is 8.78. The summed E-state index contributed by atoms with van der Waals surface area (Å²) in [5, 5.41) is 0. The zero-order chi connectivity index (χ0) is 14.3. The van der Waals surface area contributed by atoms with Gasteiger partial charge in [-0.1, -0.05) is 54.4 Å². The average molecular weight is 264 g/mol. The van der Waals surface area contributed by atoms with Gasteiger partial charge in [0.15, 0.2) is 0 Å². The molecule has 0 N–H and O–H groups in total. The second-order valence-electron chi connectivity index (χ2n) is 8.97. The predicted molar refractivity (Wildman–Crippen MR) is 85.2 cm³/mol. The lowest BCUT2D eigenvalue weighted by atomic mass is 9.61. The molecule has 0 aromatic rings. The van der Waals surface area contributed by atoms with Crippen molar-refractivity contribution in [1.29, 1.82) is 0 Å². The lowest BCUT2D eigenvalue weighted by Crippen LogP contribution is -2.36. The van der Waals surface area contributed by atoms with Gasteiger partial charge in [-0.05, 0) is 66.6 Å². The van der Waals surface area contributed by atoms with Gasteiger partial charge in [-0.2, -0.15) is 0 Å². The second-order valence-corrected chi connectivity index (χ2v) is 8.97. The summed E-state index contributed by atoms with van der Waals surface area (Å²) < 4.78 is 0. The van der Waals surface area contributed by atoms with Crippen LogP contribution in [0.4, 0.5) is 0 Å². The van der Waals surface area contributed by atoms with Crippen molar-refractivity contribution >= 4 is 0 Å². The van der Waals surface area contributed by atoms with E-state index in [1.54, 1.807) is 0 Å². The van der Waals surface area contributed by atoms with Crippen molar-refractivity contribution in [3.63, 3.8) is 0 Å². The molecule has 0 amide bonds. The minimum Gasteiger partial charge on any atom is -0.0625 e. The Morgan fingerprint density at radius 1 is 0.789 bits per heavy atom. The highest BCUT2D eigenvalue weighted by Gasteiger charge is 2.49. The van der Waals surface area contributed by atoms with Gasteiger partial charge in [0.25, 0.3) is 0 Å². The zero-order valence-electron chi connectivity index (χ0n) is 14.3. The third-order valence-electron chi connectivity index (χ3n) is 6.73. The molecule has 19 heavy (non-hydrogen) atoms. The molecule has 2 rings (SSSR count). The van der Waals surface area contributed by atoms with E-state index in [9.17, 15) is 0 Å². The molecule has 0 saturated heterocycles. The molecule has 2 fully saturated rings. The van der Waals surface area contributed by atoms with Crippen LogP contribution in [0.2, 0.25) is 0 Å². The van der Waals surface area contributed by atoms with Crippen LogP contribution >= 0.6 is 0 Å². The SMILES string of the molecule is CC(C)C1CCCC1(C)CC1(C)CCCC1C(C)C. The molecule has 0 bridgehead atoms. The van der Waals surface area contributed by atoms with Crippen LogP contribution in [0.5, 0.6) is 0 Å². The van der Waals surface area contributed by atoms with Gasteiger partial charge in [0.1, 0.15) is 0 Å². The molecule has 2 aliphatic carbocycles. The van der Waals surface area contributed by atoms with Gasteiger partial charge in [0, 0.05) is 0 Å². The van der Waals surface area contributed by atoms with E-state index in [0.717, 1.165) is 23.7 Å². The van der Waals surface area contributed by atoms with Crippen molar-refractivity contribution < 1.29 is 0 Å². The van der Waals surface area contributed by atoms with E-state index in [2.05, 4.69) is 41.5 Å². The van der Waals surface area contributed by atoms with Crippen LogP contribution in [0.1, 0.15) is 86.5 Å². The Labute approximate surface area is 121 Å².